The third kappa shape index (κ3) is 10.8. The first kappa shape index (κ1) is 46.9. The molecule has 8 rings (SSSR count). The van der Waals surface area contributed by atoms with Gasteiger partial charge in [-0.05, 0) is 124 Å². The van der Waals surface area contributed by atoms with Gasteiger partial charge in [-0.15, -0.1) is 0 Å². The maximum absolute atomic E-state index is 13.5. The summed E-state index contributed by atoms with van der Waals surface area (Å²) in [6.07, 6.45) is 4.09. The third-order valence-corrected chi connectivity index (χ3v) is 13.7. The molecule has 0 bridgehead atoms. The molecule has 16 heteroatoms. The van der Waals surface area contributed by atoms with Crippen LogP contribution < -0.4 is 20.6 Å². The van der Waals surface area contributed by atoms with E-state index < -0.39 is 33.1 Å². The fourth-order valence-corrected chi connectivity index (χ4v) is 9.84. The molecule has 0 saturated carbocycles. The maximum Gasteiger partial charge on any atom is 0.263 e. The summed E-state index contributed by atoms with van der Waals surface area (Å²) >= 11 is 6.23. The molecule has 2 aliphatic rings. The number of aromatic amines is 2. The summed E-state index contributed by atoms with van der Waals surface area (Å²) in [6, 6.07) is 22.4. The number of halogens is 2. The van der Waals surface area contributed by atoms with Gasteiger partial charge in [-0.2, -0.15) is 0 Å². The number of likely N-dealkylation sites (tertiary alicyclic amines) is 1. The van der Waals surface area contributed by atoms with Crippen LogP contribution in [0.2, 0.25) is 5.02 Å². The lowest BCUT2D eigenvalue weighted by Gasteiger charge is -2.36. The molecule has 65 heavy (non-hydrogen) atoms. The minimum absolute atomic E-state index is 0.0363. The van der Waals surface area contributed by atoms with Gasteiger partial charge < -0.3 is 34.0 Å². The number of rotatable bonds is 9. The van der Waals surface area contributed by atoms with Crippen LogP contribution in [0, 0.1) is 12.7 Å². The molecule has 4 heterocycles. The summed E-state index contributed by atoms with van der Waals surface area (Å²) < 4.78 is 54.8. The Kier molecular flexibility index (Phi) is 14.2. The van der Waals surface area contributed by atoms with Crippen molar-refractivity contribution in [3.63, 3.8) is 0 Å². The van der Waals surface area contributed by atoms with Crippen LogP contribution in [0.3, 0.4) is 0 Å². The summed E-state index contributed by atoms with van der Waals surface area (Å²) in [7, 11) is -3.21. The van der Waals surface area contributed by atoms with Crippen molar-refractivity contribution < 1.29 is 36.6 Å². The zero-order valence-corrected chi connectivity index (χ0v) is 38.6. The van der Waals surface area contributed by atoms with Crippen molar-refractivity contribution in [1.29, 1.82) is 0 Å². The molecule has 5 unspecified atom stereocenters. The molecule has 342 valence electrons. The SMILES string of the molecule is CC1CN(C(=O)C(C)Oc2ccc3c(-c4ccc(F)cc4Cl)c[nH]c(=O)c3c2)CC(C)O1.Cc1ccccc1-c1c[nH]c(=O)c2cc(OC(C)C(=O)N3CCCC(S(C)(=O)=O)C3)ccc12. The highest BCUT2D eigenvalue weighted by atomic mass is 35.5. The molecule has 0 spiro atoms. The van der Waals surface area contributed by atoms with Crippen molar-refractivity contribution >= 4 is 54.8 Å². The summed E-state index contributed by atoms with van der Waals surface area (Å²) in [4.78, 5) is 59.6. The quantitative estimate of drug-likeness (QED) is 0.148. The van der Waals surface area contributed by atoms with Gasteiger partial charge in [0.25, 0.3) is 22.9 Å². The van der Waals surface area contributed by atoms with E-state index in [-0.39, 0.29) is 46.7 Å². The molecule has 2 amide bonds. The van der Waals surface area contributed by atoms with E-state index in [0.717, 1.165) is 22.1 Å². The van der Waals surface area contributed by atoms with Gasteiger partial charge in [0.15, 0.2) is 22.0 Å². The number of aryl methyl sites for hydroxylation is 1. The average Bonchev–Trinajstić information content (AvgIpc) is 3.26. The Bertz CT molecular complexity index is 2980. The van der Waals surface area contributed by atoms with Crippen LogP contribution in [0.4, 0.5) is 4.39 Å². The Morgan fingerprint density at radius 3 is 1.82 bits per heavy atom. The van der Waals surface area contributed by atoms with Gasteiger partial charge in [0.1, 0.15) is 17.3 Å². The number of amides is 2. The summed E-state index contributed by atoms with van der Waals surface area (Å²) in [5.41, 5.74) is 3.76. The Hall–Kier alpha value is -6.03. The molecule has 2 N–H and O–H groups in total. The lowest BCUT2D eigenvalue weighted by Crippen LogP contribution is -2.51. The Labute approximate surface area is 381 Å². The number of morpholine rings is 1. The second-order valence-electron chi connectivity index (χ2n) is 16.8. The number of H-pyrrole nitrogens is 2. The van der Waals surface area contributed by atoms with Crippen LogP contribution in [0.25, 0.3) is 43.8 Å². The van der Waals surface area contributed by atoms with E-state index in [4.69, 9.17) is 25.8 Å². The van der Waals surface area contributed by atoms with Crippen molar-refractivity contribution in [1.82, 2.24) is 19.8 Å². The minimum atomic E-state index is -3.21. The van der Waals surface area contributed by atoms with Crippen molar-refractivity contribution in [3.8, 4) is 33.8 Å². The van der Waals surface area contributed by atoms with Gasteiger partial charge in [0, 0.05) is 61.5 Å². The Balaban J connectivity index is 0.000000194. The highest BCUT2D eigenvalue weighted by molar-refractivity contribution is 7.91. The van der Waals surface area contributed by atoms with Gasteiger partial charge >= 0.3 is 0 Å². The number of nitrogens with one attached hydrogen (secondary N) is 2. The highest BCUT2D eigenvalue weighted by Crippen LogP contribution is 2.34. The second-order valence-corrected chi connectivity index (χ2v) is 19.5. The van der Waals surface area contributed by atoms with Crippen LogP contribution in [0.1, 0.15) is 46.1 Å². The van der Waals surface area contributed by atoms with Gasteiger partial charge in [0.05, 0.1) is 33.3 Å². The number of hydrogen-bond acceptors (Lipinski definition) is 9. The molecule has 0 aliphatic carbocycles. The Morgan fingerprint density at radius 1 is 0.738 bits per heavy atom. The van der Waals surface area contributed by atoms with E-state index in [9.17, 15) is 32.0 Å². The van der Waals surface area contributed by atoms with Crippen LogP contribution in [-0.2, 0) is 24.2 Å². The lowest BCUT2D eigenvalue weighted by molar-refractivity contribution is -0.149. The largest absolute Gasteiger partial charge is 0.481 e. The van der Waals surface area contributed by atoms with E-state index in [1.54, 1.807) is 72.4 Å². The second kappa shape index (κ2) is 19.6. The fraction of sp³-hybridized carbons (Fsp3) is 0.347. The van der Waals surface area contributed by atoms with Crippen LogP contribution in [0.5, 0.6) is 11.5 Å². The van der Waals surface area contributed by atoms with Gasteiger partial charge in [-0.3, -0.25) is 19.2 Å². The van der Waals surface area contributed by atoms with E-state index in [1.807, 2.05) is 51.1 Å². The predicted octanol–water partition coefficient (Wildman–Crippen LogP) is 7.70. The number of carbonyl (C=O) groups is 2. The van der Waals surface area contributed by atoms with Crippen LogP contribution >= 0.6 is 11.6 Å². The molecule has 6 aromatic rings. The van der Waals surface area contributed by atoms with Crippen molar-refractivity contribution in [3.05, 3.63) is 128 Å². The summed E-state index contributed by atoms with van der Waals surface area (Å²) in [5, 5.41) is 2.00. The van der Waals surface area contributed by atoms with Gasteiger partial charge in [0.2, 0.25) is 0 Å². The van der Waals surface area contributed by atoms with Crippen LogP contribution in [0.15, 0.2) is 101 Å². The standard InChI is InChI=1S/C25H28N2O5S.C24H24ClFN2O4/c1-16-7-4-5-9-20(16)23-14-26-24(28)22-13-18(10-11-21(22)23)32-17(2)25(29)27-12-6-8-19(15-27)33(3,30)31;1-13-11-28(12-14(2)31-13)24(30)15(3)32-17-5-7-18-20(9-17)23(29)27-10-21(18)19-6-4-16(26)8-22(19)25/h4-5,7,9-11,13-14,17,19H,6,8,12,15H2,1-3H3,(H,26,28);4-10,13-15H,11-12H2,1-3H3,(H,27,29). The van der Waals surface area contributed by atoms with Crippen molar-refractivity contribution in [2.75, 3.05) is 32.4 Å². The molecule has 2 aliphatic heterocycles. The number of fused-ring (bicyclic) bond motifs is 2. The van der Waals surface area contributed by atoms with Crippen molar-refractivity contribution in [2.45, 2.75) is 77.1 Å². The molecule has 2 aromatic heterocycles. The number of aromatic nitrogens is 2. The minimum Gasteiger partial charge on any atom is -0.481 e. The Morgan fingerprint density at radius 2 is 1.28 bits per heavy atom. The van der Waals surface area contributed by atoms with Gasteiger partial charge in [-0.1, -0.05) is 35.9 Å². The molecular formula is C49H52ClFN4O9S. The number of ether oxygens (including phenoxy) is 3. The molecule has 13 nitrogen and oxygen atoms in total. The van der Waals surface area contributed by atoms with Crippen LogP contribution in [-0.4, -0.2) is 102 Å². The zero-order chi connectivity index (χ0) is 46.7. The van der Waals surface area contributed by atoms with E-state index >= 15 is 0 Å². The molecular weight excluding hydrogens is 875 g/mol. The number of piperidine rings is 1. The van der Waals surface area contributed by atoms with Gasteiger partial charge in [-0.25, -0.2) is 12.8 Å². The number of hydrogen-bond donors (Lipinski definition) is 2. The van der Waals surface area contributed by atoms with E-state index in [1.165, 1.54) is 18.4 Å². The molecule has 2 saturated heterocycles. The molecule has 4 aromatic carbocycles. The maximum atomic E-state index is 13.5. The first-order valence-electron chi connectivity index (χ1n) is 21.5. The highest BCUT2D eigenvalue weighted by Gasteiger charge is 2.33. The molecule has 0 radical (unpaired) electrons. The fourth-order valence-electron chi connectivity index (χ4n) is 8.52. The number of nitrogens with zero attached hydrogens (tertiary/aromatic N) is 2. The summed E-state index contributed by atoms with van der Waals surface area (Å²) in [5.74, 6) is -0.0160. The van der Waals surface area contributed by atoms with E-state index in [0.29, 0.717) is 71.3 Å². The normalized spacial score (nSPS) is 18.7. The van der Waals surface area contributed by atoms with Crippen molar-refractivity contribution in [2.24, 2.45) is 0 Å². The number of pyridine rings is 2. The topological polar surface area (TPSA) is 168 Å². The first-order valence-corrected chi connectivity index (χ1v) is 23.8. The predicted molar refractivity (Wildman–Crippen MR) is 251 cm³/mol. The number of carbonyl (C=O) groups excluding carboxylic acids is 2. The monoisotopic (exact) mass is 926 g/mol. The first-order chi connectivity index (χ1) is 30.9. The smallest absolute Gasteiger partial charge is 0.263 e. The third-order valence-electron chi connectivity index (χ3n) is 11.8. The molecule has 2 fully saturated rings. The zero-order valence-electron chi connectivity index (χ0n) is 37.0. The average molecular weight is 927 g/mol. The summed E-state index contributed by atoms with van der Waals surface area (Å²) in [6.45, 7) is 10.9. The number of sulfone groups is 1. The van der Waals surface area contributed by atoms with E-state index in [2.05, 4.69) is 9.97 Å². The molecule has 5 atom stereocenters. The lowest BCUT2D eigenvalue weighted by atomic mass is 9.97. The number of benzene rings is 4.